The van der Waals surface area contributed by atoms with Crippen molar-refractivity contribution in [2.45, 2.75) is 3.79 Å². The molecule has 74 valence electrons. The molecule has 0 aliphatic carbocycles. The topological polar surface area (TPSA) is 54.4 Å². The first-order valence-electron chi connectivity index (χ1n) is 2.58. The van der Waals surface area contributed by atoms with Gasteiger partial charge in [0.2, 0.25) is 5.78 Å². The molecule has 0 amide bonds. The van der Waals surface area contributed by atoms with E-state index in [0.717, 1.165) is 0 Å². The highest BCUT2D eigenvalue weighted by atomic mass is 35.6. The lowest BCUT2D eigenvalue weighted by molar-refractivity contribution is -0.132. The van der Waals surface area contributed by atoms with Crippen LogP contribution in [0.4, 0.5) is 0 Å². The van der Waals surface area contributed by atoms with Crippen LogP contribution in [-0.4, -0.2) is 20.7 Å². The molecule has 0 rings (SSSR count). The molecule has 0 unspecified atom stereocenters. The van der Waals surface area contributed by atoms with Crippen LogP contribution in [0.5, 0.6) is 0 Å². The molecule has 13 heavy (non-hydrogen) atoms. The van der Waals surface area contributed by atoms with Gasteiger partial charge in [-0.25, -0.2) is 4.79 Å². The summed E-state index contributed by atoms with van der Waals surface area (Å²) in [6, 6.07) is 0. The van der Waals surface area contributed by atoms with Gasteiger partial charge in [-0.2, -0.15) is 0 Å². The zero-order chi connectivity index (χ0) is 10.8. The number of hydrogen-bond acceptors (Lipinski definition) is 2. The predicted molar refractivity (Wildman–Crippen MR) is 51.7 cm³/mol. The number of hydrogen-bond donors (Lipinski definition) is 1. The van der Waals surface area contributed by atoms with Crippen LogP contribution in [0, 0.1) is 0 Å². The summed E-state index contributed by atoms with van der Waals surface area (Å²) in [6.07, 6.45) is 0. The summed E-state index contributed by atoms with van der Waals surface area (Å²) in [5.74, 6) is -2.76. The average Bonchev–Trinajstić information content (AvgIpc) is 1.98. The second kappa shape index (κ2) is 4.71. The van der Waals surface area contributed by atoms with E-state index in [1.807, 2.05) is 0 Å². The van der Waals surface area contributed by atoms with Crippen molar-refractivity contribution in [1.82, 2.24) is 0 Å². The van der Waals surface area contributed by atoms with Gasteiger partial charge in [-0.3, -0.25) is 4.79 Å². The Kier molecular flexibility index (Phi) is 4.83. The quantitative estimate of drug-likeness (QED) is 0.627. The summed E-state index contributed by atoms with van der Waals surface area (Å²) in [6.45, 7) is 0. The Morgan fingerprint density at radius 2 is 1.38 bits per heavy atom. The zero-order valence-electron chi connectivity index (χ0n) is 5.65. The van der Waals surface area contributed by atoms with Crippen molar-refractivity contribution in [1.29, 1.82) is 0 Å². The number of rotatable bonds is 2. The number of carboxylic acid groups (broad SMARTS) is 1. The minimum Gasteiger partial charge on any atom is -0.477 e. The number of Topliss-reactive ketones (excluding diaryl/α,β-unsaturated/α-hetero) is 1. The summed E-state index contributed by atoms with van der Waals surface area (Å²) in [4.78, 5) is 21.2. The summed E-state index contributed by atoms with van der Waals surface area (Å²) in [5.41, 5.74) is 0. The molecule has 0 atom stereocenters. The number of halogens is 5. The van der Waals surface area contributed by atoms with E-state index in [0.29, 0.717) is 0 Å². The van der Waals surface area contributed by atoms with Crippen LogP contribution >= 0.6 is 58.0 Å². The molecule has 0 bridgehead atoms. The van der Waals surface area contributed by atoms with Gasteiger partial charge in [0.15, 0.2) is 0 Å². The van der Waals surface area contributed by atoms with Gasteiger partial charge in [-0.05, 0) is 0 Å². The maximum absolute atomic E-state index is 11.0. The van der Waals surface area contributed by atoms with E-state index in [2.05, 4.69) is 0 Å². The number of carbonyl (C=O) groups excluding carboxylic acids is 1. The van der Waals surface area contributed by atoms with Crippen molar-refractivity contribution in [3.8, 4) is 0 Å². The Morgan fingerprint density at radius 3 is 1.62 bits per heavy atom. The summed E-state index contributed by atoms with van der Waals surface area (Å²) in [5, 5.41) is 6.60. The van der Waals surface area contributed by atoms with Crippen molar-refractivity contribution >= 4 is 69.8 Å². The van der Waals surface area contributed by atoms with Crippen LogP contribution in [0.3, 0.4) is 0 Å². The molecule has 0 spiro atoms. The second-order valence-corrected chi connectivity index (χ2v) is 4.80. The Labute approximate surface area is 98.1 Å². The smallest absolute Gasteiger partial charge is 0.348 e. The molecule has 0 aliphatic rings. The molecule has 1 N–H and O–H groups in total. The molecular formula is C5HCl5O3. The third-order valence-corrected chi connectivity index (χ3v) is 2.16. The fraction of sp³-hybridized carbons (Fsp3) is 0.200. The van der Waals surface area contributed by atoms with E-state index in [4.69, 9.17) is 63.1 Å². The molecule has 0 radical (unpaired) electrons. The van der Waals surface area contributed by atoms with E-state index < -0.39 is 25.6 Å². The van der Waals surface area contributed by atoms with Gasteiger partial charge in [0.1, 0.15) is 10.1 Å². The predicted octanol–water partition coefficient (Wildman–Crippen LogP) is 2.70. The minimum atomic E-state index is -2.31. The van der Waals surface area contributed by atoms with E-state index in [-0.39, 0.29) is 0 Å². The number of carboxylic acids is 1. The molecule has 0 saturated carbocycles. The van der Waals surface area contributed by atoms with E-state index in [1.165, 1.54) is 0 Å². The van der Waals surface area contributed by atoms with E-state index in [1.54, 1.807) is 0 Å². The monoisotopic (exact) mass is 284 g/mol. The van der Waals surface area contributed by atoms with Crippen molar-refractivity contribution in [3.63, 3.8) is 0 Å². The van der Waals surface area contributed by atoms with Crippen LogP contribution in [-0.2, 0) is 9.59 Å². The van der Waals surface area contributed by atoms with Crippen LogP contribution in [0.15, 0.2) is 10.1 Å². The number of alkyl halides is 3. The summed E-state index contributed by atoms with van der Waals surface area (Å²) in [7, 11) is 0. The largest absolute Gasteiger partial charge is 0.477 e. The van der Waals surface area contributed by atoms with Gasteiger partial charge in [0.25, 0.3) is 3.79 Å². The minimum absolute atomic E-state index is 0.825. The Morgan fingerprint density at radius 1 is 1.00 bits per heavy atom. The summed E-state index contributed by atoms with van der Waals surface area (Å²) >= 11 is 25.8. The van der Waals surface area contributed by atoms with Gasteiger partial charge in [-0.15, -0.1) is 0 Å². The van der Waals surface area contributed by atoms with E-state index in [9.17, 15) is 9.59 Å². The Hall–Kier alpha value is 0.330. The molecule has 0 aromatic carbocycles. The van der Waals surface area contributed by atoms with Crippen LogP contribution < -0.4 is 0 Å². The number of allylic oxidation sites excluding steroid dienone is 1. The number of carbonyl (C=O) groups is 2. The van der Waals surface area contributed by atoms with Crippen molar-refractivity contribution in [3.05, 3.63) is 10.1 Å². The molecule has 0 aliphatic heterocycles. The third kappa shape index (κ3) is 3.92. The standard InChI is InChI=1S/C5HCl5O3/c6-1(2(7)4(12)13)3(11)5(8,9)10/h(H,12,13)/b2-1-. The van der Waals surface area contributed by atoms with Gasteiger partial charge < -0.3 is 5.11 Å². The first-order chi connectivity index (χ1) is 5.68. The van der Waals surface area contributed by atoms with Crippen LogP contribution in [0.1, 0.15) is 0 Å². The second-order valence-electron chi connectivity index (χ2n) is 1.76. The lowest BCUT2D eigenvalue weighted by atomic mass is 10.3. The maximum atomic E-state index is 11.0. The molecule has 8 heteroatoms. The van der Waals surface area contributed by atoms with Crippen LogP contribution in [0.2, 0.25) is 0 Å². The lowest BCUT2D eigenvalue weighted by Gasteiger charge is -2.07. The molecule has 3 nitrogen and oxygen atoms in total. The first-order valence-corrected chi connectivity index (χ1v) is 4.47. The fourth-order valence-corrected chi connectivity index (χ4v) is 1.05. The maximum Gasteiger partial charge on any atom is 0.348 e. The van der Waals surface area contributed by atoms with Crippen LogP contribution in [0.25, 0.3) is 0 Å². The molecule has 0 heterocycles. The number of aliphatic carboxylic acids is 1. The third-order valence-electron chi connectivity index (χ3n) is 0.837. The SMILES string of the molecule is O=C(O)/C(Cl)=C(/Cl)C(=O)C(Cl)(Cl)Cl. The highest BCUT2D eigenvalue weighted by molar-refractivity contribution is 6.79. The van der Waals surface area contributed by atoms with E-state index >= 15 is 0 Å². The molecule has 0 aromatic heterocycles. The van der Waals surface area contributed by atoms with Crippen molar-refractivity contribution in [2.24, 2.45) is 0 Å². The highest BCUT2D eigenvalue weighted by Gasteiger charge is 2.35. The van der Waals surface area contributed by atoms with Gasteiger partial charge in [0.05, 0.1) is 0 Å². The zero-order valence-corrected chi connectivity index (χ0v) is 9.43. The fourth-order valence-electron chi connectivity index (χ4n) is 0.318. The highest BCUT2D eigenvalue weighted by Crippen LogP contribution is 2.33. The van der Waals surface area contributed by atoms with Gasteiger partial charge in [0, 0.05) is 0 Å². The Balaban J connectivity index is 5.01. The first kappa shape index (κ1) is 13.3. The molecule has 0 fully saturated rings. The molecule has 0 aromatic rings. The lowest BCUT2D eigenvalue weighted by Crippen LogP contribution is -2.20. The van der Waals surface area contributed by atoms with Crippen molar-refractivity contribution < 1.29 is 14.7 Å². The van der Waals surface area contributed by atoms with Gasteiger partial charge in [-0.1, -0.05) is 58.0 Å². The molecular weight excluding hydrogens is 285 g/mol. The normalized spacial score (nSPS) is 13.6. The van der Waals surface area contributed by atoms with Gasteiger partial charge >= 0.3 is 5.97 Å². The molecule has 0 saturated heterocycles. The average molecular weight is 286 g/mol. The number of ketones is 1. The Bertz CT molecular complexity index is 276. The summed E-state index contributed by atoms with van der Waals surface area (Å²) < 4.78 is -2.31. The van der Waals surface area contributed by atoms with Crippen molar-refractivity contribution in [2.75, 3.05) is 0 Å².